The van der Waals surface area contributed by atoms with E-state index in [0.29, 0.717) is 24.3 Å². The average Bonchev–Trinajstić information content (AvgIpc) is 2.62. The summed E-state index contributed by atoms with van der Waals surface area (Å²) in [5, 5.41) is 6.52. The summed E-state index contributed by atoms with van der Waals surface area (Å²) in [4.78, 5) is 13.6. The van der Waals surface area contributed by atoms with Gasteiger partial charge in [0.15, 0.2) is 5.82 Å². The van der Waals surface area contributed by atoms with Gasteiger partial charge in [0.1, 0.15) is 0 Å². The number of hydrogen-bond donors (Lipinski definition) is 2. The molecule has 0 fully saturated rings. The van der Waals surface area contributed by atoms with Gasteiger partial charge in [0.25, 0.3) is 0 Å². The van der Waals surface area contributed by atoms with Crippen molar-refractivity contribution in [1.82, 2.24) is 15.0 Å². The summed E-state index contributed by atoms with van der Waals surface area (Å²) in [7, 11) is 1.68. The van der Waals surface area contributed by atoms with E-state index >= 15 is 0 Å². The molecule has 0 bridgehead atoms. The molecule has 1 heterocycles. The van der Waals surface area contributed by atoms with Crippen LogP contribution in [0.2, 0.25) is 0 Å². The molecule has 0 radical (unpaired) electrons. The van der Waals surface area contributed by atoms with Crippen LogP contribution in [-0.2, 0) is 11.3 Å². The van der Waals surface area contributed by atoms with Gasteiger partial charge in [0.05, 0.1) is 6.61 Å². The largest absolute Gasteiger partial charge is 0.380 e. The summed E-state index contributed by atoms with van der Waals surface area (Å²) in [6, 6.07) is 18.1. The van der Waals surface area contributed by atoms with Gasteiger partial charge in [-0.1, -0.05) is 42.5 Å². The maximum absolute atomic E-state index is 5.19. The Labute approximate surface area is 156 Å². The van der Waals surface area contributed by atoms with Gasteiger partial charge in [0, 0.05) is 27.3 Å². The van der Waals surface area contributed by atoms with E-state index in [-0.39, 0.29) is 8.90 Å². The standard InChI is InChI=1S/C20H23N5O.2H2/c1-14(2)21-19-23-18(16-9-5-4-6-10-16)24-20(25-19)22-17-11-7-8-15(12-17)13-26-3;;/h4-12,14H,13H2,1-3H3,(H2,21,22,23,24,25);2*1H. The first-order chi connectivity index (χ1) is 12.6. The third kappa shape index (κ3) is 4.77. The third-order valence-corrected chi connectivity index (χ3v) is 3.58. The Morgan fingerprint density at radius 1 is 0.962 bits per heavy atom. The van der Waals surface area contributed by atoms with Crippen LogP contribution >= 0.6 is 0 Å². The highest BCUT2D eigenvalue weighted by Gasteiger charge is 2.10. The molecule has 0 unspecified atom stereocenters. The average molecular weight is 353 g/mol. The van der Waals surface area contributed by atoms with Gasteiger partial charge in [-0.05, 0) is 31.5 Å². The molecule has 0 aliphatic heterocycles. The molecule has 0 amide bonds. The van der Waals surface area contributed by atoms with Crippen molar-refractivity contribution in [3.63, 3.8) is 0 Å². The number of nitrogens with one attached hydrogen (secondary N) is 2. The summed E-state index contributed by atoms with van der Waals surface area (Å²) in [6.45, 7) is 4.66. The van der Waals surface area contributed by atoms with Crippen molar-refractivity contribution < 1.29 is 7.59 Å². The van der Waals surface area contributed by atoms with Crippen molar-refractivity contribution >= 4 is 17.6 Å². The number of rotatable bonds is 7. The van der Waals surface area contributed by atoms with Crippen molar-refractivity contribution in [3.8, 4) is 11.4 Å². The second-order valence-electron chi connectivity index (χ2n) is 6.23. The second-order valence-corrected chi connectivity index (χ2v) is 6.23. The molecule has 3 rings (SSSR count). The van der Waals surface area contributed by atoms with E-state index in [1.165, 1.54) is 0 Å². The number of aromatic nitrogens is 3. The van der Waals surface area contributed by atoms with Crippen LogP contribution in [0.5, 0.6) is 0 Å². The van der Waals surface area contributed by atoms with E-state index < -0.39 is 0 Å². The molecule has 0 aliphatic rings. The maximum atomic E-state index is 5.19. The van der Waals surface area contributed by atoms with Crippen molar-refractivity contribution in [2.24, 2.45) is 0 Å². The van der Waals surface area contributed by atoms with Gasteiger partial charge < -0.3 is 15.4 Å². The van der Waals surface area contributed by atoms with E-state index in [9.17, 15) is 0 Å². The predicted octanol–water partition coefficient (Wildman–Crippen LogP) is 4.74. The molecule has 138 valence electrons. The summed E-state index contributed by atoms with van der Waals surface area (Å²) < 4.78 is 5.19. The molecule has 1 aromatic heterocycles. The topological polar surface area (TPSA) is 72.0 Å². The van der Waals surface area contributed by atoms with Crippen molar-refractivity contribution in [1.29, 1.82) is 0 Å². The van der Waals surface area contributed by atoms with Crippen molar-refractivity contribution in [2.75, 3.05) is 17.7 Å². The Kier molecular flexibility index (Phi) is 5.76. The van der Waals surface area contributed by atoms with Gasteiger partial charge >= 0.3 is 0 Å². The zero-order valence-electron chi connectivity index (χ0n) is 15.2. The van der Waals surface area contributed by atoms with Crippen LogP contribution in [0, 0.1) is 0 Å². The van der Waals surface area contributed by atoms with Crippen LogP contribution in [0.4, 0.5) is 17.6 Å². The third-order valence-electron chi connectivity index (χ3n) is 3.58. The molecule has 0 spiro atoms. The number of ether oxygens (including phenoxy) is 1. The highest BCUT2D eigenvalue weighted by molar-refractivity contribution is 5.61. The molecular weight excluding hydrogens is 326 g/mol. The molecule has 6 heteroatoms. The highest BCUT2D eigenvalue weighted by atomic mass is 16.5. The number of benzene rings is 2. The van der Waals surface area contributed by atoms with Gasteiger partial charge in [-0.15, -0.1) is 0 Å². The fourth-order valence-electron chi connectivity index (χ4n) is 2.51. The minimum atomic E-state index is 0. The summed E-state index contributed by atoms with van der Waals surface area (Å²) >= 11 is 0. The minimum Gasteiger partial charge on any atom is -0.380 e. The Hall–Kier alpha value is -2.99. The zero-order chi connectivity index (χ0) is 18.4. The van der Waals surface area contributed by atoms with Crippen LogP contribution in [-0.4, -0.2) is 28.1 Å². The Morgan fingerprint density at radius 3 is 2.46 bits per heavy atom. The van der Waals surface area contributed by atoms with E-state index in [0.717, 1.165) is 16.8 Å². The van der Waals surface area contributed by atoms with Gasteiger partial charge in [-0.3, -0.25) is 0 Å². The SMILES string of the molecule is COCc1cccc(Nc2nc(NC(C)C)nc(-c3ccccc3)n2)c1.[HH].[HH]. The fraction of sp³-hybridized carbons (Fsp3) is 0.250. The zero-order valence-corrected chi connectivity index (χ0v) is 15.2. The summed E-state index contributed by atoms with van der Waals surface area (Å²) in [5.74, 6) is 1.67. The van der Waals surface area contributed by atoms with Crippen molar-refractivity contribution in [2.45, 2.75) is 26.5 Å². The van der Waals surface area contributed by atoms with E-state index in [1.54, 1.807) is 7.11 Å². The van der Waals surface area contributed by atoms with E-state index in [1.807, 2.05) is 68.4 Å². The lowest BCUT2D eigenvalue weighted by Gasteiger charge is -2.12. The minimum absolute atomic E-state index is 0. The summed E-state index contributed by atoms with van der Waals surface area (Å²) in [6.07, 6.45) is 0. The first-order valence-electron chi connectivity index (χ1n) is 8.57. The maximum Gasteiger partial charge on any atom is 0.232 e. The van der Waals surface area contributed by atoms with Crippen LogP contribution in [0.1, 0.15) is 22.3 Å². The lowest BCUT2D eigenvalue weighted by molar-refractivity contribution is 0.185. The van der Waals surface area contributed by atoms with Gasteiger partial charge in [0.2, 0.25) is 11.9 Å². The molecule has 0 atom stereocenters. The smallest absolute Gasteiger partial charge is 0.232 e. The van der Waals surface area contributed by atoms with Crippen LogP contribution in [0.3, 0.4) is 0 Å². The lowest BCUT2D eigenvalue weighted by atomic mass is 10.2. The van der Waals surface area contributed by atoms with Crippen molar-refractivity contribution in [3.05, 3.63) is 60.2 Å². The van der Waals surface area contributed by atoms with Crippen LogP contribution < -0.4 is 10.6 Å². The highest BCUT2D eigenvalue weighted by Crippen LogP contribution is 2.21. The molecule has 0 aliphatic carbocycles. The predicted molar refractivity (Wildman–Crippen MR) is 109 cm³/mol. The normalized spacial score (nSPS) is 10.8. The Morgan fingerprint density at radius 2 is 1.73 bits per heavy atom. The van der Waals surface area contributed by atoms with E-state index in [4.69, 9.17) is 4.74 Å². The quantitative estimate of drug-likeness (QED) is 0.639. The number of nitrogens with zero attached hydrogens (tertiary/aromatic N) is 3. The number of hydrogen-bond acceptors (Lipinski definition) is 6. The first kappa shape index (κ1) is 17.8. The van der Waals surface area contributed by atoms with Crippen LogP contribution in [0.15, 0.2) is 54.6 Å². The molecule has 0 saturated carbocycles. The molecular formula is C20H27N5O. The second kappa shape index (κ2) is 8.40. The Balaban J connectivity index is 0.00000196. The van der Waals surface area contributed by atoms with E-state index in [2.05, 4.69) is 25.6 Å². The molecule has 2 N–H and O–H groups in total. The summed E-state index contributed by atoms with van der Waals surface area (Å²) in [5.41, 5.74) is 2.92. The van der Waals surface area contributed by atoms with Gasteiger partial charge in [-0.2, -0.15) is 15.0 Å². The number of methoxy groups -OCH3 is 1. The molecule has 6 nitrogen and oxygen atoms in total. The van der Waals surface area contributed by atoms with Crippen LogP contribution in [0.25, 0.3) is 11.4 Å². The first-order valence-corrected chi connectivity index (χ1v) is 8.57. The molecule has 0 saturated heterocycles. The molecule has 3 aromatic rings. The number of anilines is 3. The fourth-order valence-corrected chi connectivity index (χ4v) is 2.51. The monoisotopic (exact) mass is 353 g/mol. The Bertz CT molecular complexity index is 862. The van der Waals surface area contributed by atoms with Gasteiger partial charge in [-0.25, -0.2) is 0 Å². The molecule has 2 aromatic carbocycles. The lowest BCUT2D eigenvalue weighted by Crippen LogP contribution is -2.14. The molecule has 26 heavy (non-hydrogen) atoms.